The molecule has 2 rings (SSSR count). The lowest BCUT2D eigenvalue weighted by Gasteiger charge is -2.18. The van der Waals surface area contributed by atoms with Crippen molar-refractivity contribution < 1.29 is 0 Å². The molecule has 0 aromatic carbocycles. The molecule has 1 aromatic rings. The van der Waals surface area contributed by atoms with Gasteiger partial charge in [0.2, 0.25) is 0 Å². The fourth-order valence-corrected chi connectivity index (χ4v) is 1.99. The average molecular weight is 207 g/mol. The lowest BCUT2D eigenvalue weighted by molar-refractivity contribution is 0.419. The number of imidazole rings is 1. The molecule has 2 N–H and O–H groups in total. The Morgan fingerprint density at radius 1 is 1.60 bits per heavy atom. The van der Waals surface area contributed by atoms with Crippen molar-refractivity contribution in [2.24, 2.45) is 11.1 Å². The summed E-state index contributed by atoms with van der Waals surface area (Å²) >= 11 is 0. The van der Waals surface area contributed by atoms with Crippen molar-refractivity contribution in [1.29, 1.82) is 0 Å². The van der Waals surface area contributed by atoms with E-state index in [-0.39, 0.29) is 6.04 Å². The molecule has 0 aliphatic heterocycles. The smallest absolute Gasteiger partial charge is 0.110 e. The molecular formula is C12H21N3. The predicted octanol–water partition coefficient (Wildman–Crippen LogP) is 1.96. The summed E-state index contributed by atoms with van der Waals surface area (Å²) in [6.07, 6.45) is 8.57. The van der Waals surface area contributed by atoms with Crippen LogP contribution >= 0.6 is 0 Å². The summed E-state index contributed by atoms with van der Waals surface area (Å²) in [5, 5.41) is 0. The van der Waals surface area contributed by atoms with Crippen LogP contribution in [0.5, 0.6) is 0 Å². The van der Waals surface area contributed by atoms with Gasteiger partial charge in [0.15, 0.2) is 0 Å². The summed E-state index contributed by atoms with van der Waals surface area (Å²) in [7, 11) is 0. The summed E-state index contributed by atoms with van der Waals surface area (Å²) in [5.74, 6) is 1.15. The first-order chi connectivity index (χ1) is 7.15. The summed E-state index contributed by atoms with van der Waals surface area (Å²) in [6, 6.07) is 0.274. The Morgan fingerprint density at radius 3 is 2.93 bits per heavy atom. The fourth-order valence-electron chi connectivity index (χ4n) is 1.99. The van der Waals surface area contributed by atoms with Crippen LogP contribution in [0.1, 0.15) is 38.9 Å². The van der Waals surface area contributed by atoms with Gasteiger partial charge in [-0.2, -0.15) is 0 Å². The van der Waals surface area contributed by atoms with Crippen LogP contribution in [-0.2, 0) is 13.0 Å². The Bertz CT molecular complexity index is 325. The number of aryl methyl sites for hydroxylation is 1. The number of nitrogens with zero attached hydrogens (tertiary/aromatic N) is 2. The van der Waals surface area contributed by atoms with Crippen LogP contribution in [0, 0.1) is 5.41 Å². The molecule has 1 atom stereocenters. The molecule has 3 heteroatoms. The van der Waals surface area contributed by atoms with E-state index in [0.717, 1.165) is 25.2 Å². The first-order valence-electron chi connectivity index (χ1n) is 5.91. The van der Waals surface area contributed by atoms with Gasteiger partial charge >= 0.3 is 0 Å². The summed E-state index contributed by atoms with van der Waals surface area (Å²) < 4.78 is 2.23. The van der Waals surface area contributed by atoms with Gasteiger partial charge in [-0.15, -0.1) is 0 Å². The van der Waals surface area contributed by atoms with Gasteiger partial charge in [-0.25, -0.2) is 4.98 Å². The minimum atomic E-state index is 0.274. The molecule has 84 valence electrons. The van der Waals surface area contributed by atoms with Crippen LogP contribution in [0.3, 0.4) is 0 Å². The molecule has 0 amide bonds. The first-order valence-corrected chi connectivity index (χ1v) is 5.91. The minimum Gasteiger partial charge on any atom is -0.335 e. The second-order valence-corrected chi connectivity index (χ2v) is 5.00. The summed E-state index contributed by atoms with van der Waals surface area (Å²) in [4.78, 5) is 4.40. The Hall–Kier alpha value is -0.830. The van der Waals surface area contributed by atoms with Crippen molar-refractivity contribution in [1.82, 2.24) is 9.55 Å². The van der Waals surface area contributed by atoms with E-state index in [4.69, 9.17) is 5.73 Å². The van der Waals surface area contributed by atoms with Crippen molar-refractivity contribution >= 4 is 0 Å². The molecule has 1 aliphatic carbocycles. The van der Waals surface area contributed by atoms with E-state index in [2.05, 4.69) is 29.6 Å². The van der Waals surface area contributed by atoms with Crippen molar-refractivity contribution in [2.75, 3.05) is 0 Å². The van der Waals surface area contributed by atoms with Crippen LogP contribution in [0.2, 0.25) is 0 Å². The van der Waals surface area contributed by atoms with Gasteiger partial charge in [-0.3, -0.25) is 0 Å². The zero-order valence-electron chi connectivity index (χ0n) is 9.74. The maximum Gasteiger partial charge on any atom is 0.110 e. The molecule has 1 fully saturated rings. The lowest BCUT2D eigenvalue weighted by Crippen LogP contribution is -2.33. The third kappa shape index (κ3) is 2.23. The zero-order chi connectivity index (χ0) is 10.9. The molecule has 1 heterocycles. The van der Waals surface area contributed by atoms with Gasteiger partial charge in [0, 0.05) is 31.4 Å². The SMILES string of the molecule is CCCn1ccnc1CC(N)C1(C)CC1. The average Bonchev–Trinajstić information content (AvgIpc) is 2.81. The van der Waals surface area contributed by atoms with E-state index in [0.29, 0.717) is 5.41 Å². The van der Waals surface area contributed by atoms with E-state index in [1.807, 2.05) is 6.20 Å². The van der Waals surface area contributed by atoms with Gasteiger partial charge in [0.25, 0.3) is 0 Å². The van der Waals surface area contributed by atoms with E-state index in [1.165, 1.54) is 12.8 Å². The van der Waals surface area contributed by atoms with E-state index >= 15 is 0 Å². The monoisotopic (exact) mass is 207 g/mol. The van der Waals surface area contributed by atoms with Crippen molar-refractivity contribution in [3.63, 3.8) is 0 Å². The summed E-state index contributed by atoms with van der Waals surface area (Å²) in [6.45, 7) is 5.52. The fraction of sp³-hybridized carbons (Fsp3) is 0.750. The zero-order valence-corrected chi connectivity index (χ0v) is 9.74. The van der Waals surface area contributed by atoms with Crippen molar-refractivity contribution in [3.8, 4) is 0 Å². The molecule has 15 heavy (non-hydrogen) atoms. The Morgan fingerprint density at radius 2 is 2.33 bits per heavy atom. The third-order valence-corrected chi connectivity index (χ3v) is 3.60. The predicted molar refractivity (Wildman–Crippen MR) is 61.5 cm³/mol. The molecular weight excluding hydrogens is 186 g/mol. The van der Waals surface area contributed by atoms with E-state index in [1.54, 1.807) is 0 Å². The normalized spacial score (nSPS) is 20.2. The maximum atomic E-state index is 6.22. The van der Waals surface area contributed by atoms with Crippen LogP contribution in [0.15, 0.2) is 12.4 Å². The van der Waals surface area contributed by atoms with Gasteiger partial charge in [0.1, 0.15) is 5.82 Å². The van der Waals surface area contributed by atoms with Gasteiger partial charge in [0.05, 0.1) is 0 Å². The highest BCUT2D eigenvalue weighted by Gasteiger charge is 2.43. The maximum absolute atomic E-state index is 6.22. The lowest BCUT2D eigenvalue weighted by atomic mass is 9.96. The van der Waals surface area contributed by atoms with Crippen LogP contribution in [0.4, 0.5) is 0 Å². The summed E-state index contributed by atoms with van der Waals surface area (Å²) in [5.41, 5.74) is 6.61. The highest BCUT2D eigenvalue weighted by Crippen LogP contribution is 2.47. The van der Waals surface area contributed by atoms with Gasteiger partial charge < -0.3 is 10.3 Å². The van der Waals surface area contributed by atoms with Gasteiger partial charge in [-0.1, -0.05) is 13.8 Å². The molecule has 1 aromatic heterocycles. The largest absolute Gasteiger partial charge is 0.335 e. The Kier molecular flexibility index (Phi) is 2.83. The quantitative estimate of drug-likeness (QED) is 0.802. The minimum absolute atomic E-state index is 0.274. The molecule has 1 saturated carbocycles. The standard InChI is InChI=1S/C12H21N3/c1-3-7-15-8-6-14-11(15)9-10(13)12(2)4-5-12/h6,8,10H,3-5,7,9,13H2,1-2H3. The Labute approximate surface area is 91.7 Å². The topological polar surface area (TPSA) is 43.8 Å². The van der Waals surface area contributed by atoms with E-state index < -0.39 is 0 Å². The molecule has 3 nitrogen and oxygen atoms in total. The Balaban J connectivity index is 2.00. The highest BCUT2D eigenvalue weighted by molar-refractivity contribution is 5.04. The molecule has 1 aliphatic rings. The second kappa shape index (κ2) is 3.97. The molecule has 0 saturated heterocycles. The first kappa shape index (κ1) is 10.7. The van der Waals surface area contributed by atoms with Gasteiger partial charge in [-0.05, 0) is 24.7 Å². The van der Waals surface area contributed by atoms with Crippen LogP contribution in [0.25, 0.3) is 0 Å². The second-order valence-electron chi connectivity index (χ2n) is 5.00. The number of hydrogen-bond donors (Lipinski definition) is 1. The van der Waals surface area contributed by atoms with E-state index in [9.17, 15) is 0 Å². The number of nitrogens with two attached hydrogens (primary N) is 1. The highest BCUT2D eigenvalue weighted by atomic mass is 15.1. The van der Waals surface area contributed by atoms with Crippen LogP contribution in [-0.4, -0.2) is 15.6 Å². The molecule has 1 unspecified atom stereocenters. The number of rotatable bonds is 5. The molecule has 0 bridgehead atoms. The van der Waals surface area contributed by atoms with Crippen LogP contribution < -0.4 is 5.73 Å². The molecule has 0 radical (unpaired) electrons. The molecule has 0 spiro atoms. The van der Waals surface area contributed by atoms with Crippen molar-refractivity contribution in [3.05, 3.63) is 18.2 Å². The van der Waals surface area contributed by atoms with Crippen molar-refractivity contribution in [2.45, 2.75) is 52.1 Å². The number of hydrogen-bond acceptors (Lipinski definition) is 2. The third-order valence-electron chi connectivity index (χ3n) is 3.60. The number of aromatic nitrogens is 2.